The lowest BCUT2D eigenvalue weighted by Crippen LogP contribution is -2.53. The number of nitrogens with one attached hydrogen (secondary N) is 2. The highest BCUT2D eigenvalue weighted by atomic mass is 35.5. The lowest BCUT2D eigenvalue weighted by molar-refractivity contribution is -0.150. The van der Waals surface area contributed by atoms with Gasteiger partial charge >= 0.3 is 0 Å². The first-order valence-corrected chi connectivity index (χ1v) is 22.9. The van der Waals surface area contributed by atoms with Gasteiger partial charge in [0.2, 0.25) is 17.6 Å². The summed E-state index contributed by atoms with van der Waals surface area (Å²) < 4.78 is 19.0. The number of methoxy groups -OCH3 is 2. The normalized spacial score (nSPS) is 16.6. The van der Waals surface area contributed by atoms with Crippen molar-refractivity contribution in [1.82, 2.24) is 35.2 Å². The predicted octanol–water partition coefficient (Wildman–Crippen LogP) is 6.82. The number of unbranched alkanes of at least 4 members (excludes halogenated alkanes) is 1. The molecule has 3 aliphatic rings. The van der Waals surface area contributed by atoms with E-state index in [1.807, 2.05) is 35.8 Å². The van der Waals surface area contributed by atoms with Crippen molar-refractivity contribution in [2.45, 2.75) is 71.5 Å². The van der Waals surface area contributed by atoms with E-state index < -0.39 is 18.0 Å². The average Bonchev–Trinajstić information content (AvgIpc) is 3.94. The molecule has 2 aromatic heterocycles. The number of likely N-dealkylation sites (N-methyl/N-ethyl adjacent to an activating group) is 1. The highest BCUT2D eigenvalue weighted by molar-refractivity contribution is 7.15. The number of ether oxygens (including phenoxy) is 3. The van der Waals surface area contributed by atoms with Crippen molar-refractivity contribution in [2.24, 2.45) is 15.2 Å². The minimum Gasteiger partial charge on any atom is -0.493 e. The number of azo groups is 1. The van der Waals surface area contributed by atoms with Gasteiger partial charge in [-0.25, -0.2) is 0 Å². The molecule has 3 aromatic carbocycles. The summed E-state index contributed by atoms with van der Waals surface area (Å²) in [6, 6.07) is 14.5. The molecule has 0 aliphatic carbocycles. The highest BCUT2D eigenvalue weighted by Crippen LogP contribution is 2.43. The Morgan fingerprint density at radius 2 is 1.63 bits per heavy atom. The Kier molecular flexibility index (Phi) is 13.8. The Bertz CT molecular complexity index is 2810. The molecule has 5 aromatic rings. The van der Waals surface area contributed by atoms with Gasteiger partial charge in [0.25, 0.3) is 17.7 Å². The Morgan fingerprint density at radius 3 is 2.33 bits per heavy atom. The molecule has 5 amide bonds. The zero-order chi connectivity index (χ0) is 47.5. The number of thiophene rings is 1. The number of nitrogens with zero attached hydrogens (tertiary/aromatic N) is 8. The van der Waals surface area contributed by atoms with Crippen molar-refractivity contribution >= 4 is 69.6 Å². The zero-order valence-corrected chi connectivity index (χ0v) is 39.4. The molecule has 67 heavy (non-hydrogen) atoms. The number of carbonyl (C=O) groups excluding carboxylic acids is 5. The van der Waals surface area contributed by atoms with Crippen LogP contribution in [-0.4, -0.2) is 107 Å². The highest BCUT2D eigenvalue weighted by Gasteiger charge is 2.42. The van der Waals surface area contributed by atoms with E-state index in [4.69, 9.17) is 30.8 Å². The number of benzene rings is 3. The number of aromatic nitrogens is 3. The maximum Gasteiger partial charge on any atom is 0.257 e. The number of fused-ring (bicyclic) bond motifs is 4. The van der Waals surface area contributed by atoms with Gasteiger partial charge in [0.05, 0.1) is 37.7 Å². The van der Waals surface area contributed by atoms with Crippen LogP contribution < -0.4 is 24.8 Å². The summed E-state index contributed by atoms with van der Waals surface area (Å²) in [6.07, 6.45) is 1.71. The van der Waals surface area contributed by atoms with E-state index in [2.05, 4.69) is 44.9 Å². The lowest BCUT2D eigenvalue weighted by atomic mass is 9.99. The number of rotatable bonds is 16. The number of hydrogen-bond acceptors (Lipinski definition) is 14. The minimum atomic E-state index is -0.744. The molecule has 20 heteroatoms. The van der Waals surface area contributed by atoms with Gasteiger partial charge in [-0.3, -0.25) is 38.4 Å². The fraction of sp³-hybridized carbons (Fsp3) is 0.362. The van der Waals surface area contributed by atoms with Crippen LogP contribution in [0.15, 0.2) is 69.8 Å². The molecular formula is C47H49ClN10O8S. The number of amides is 5. The summed E-state index contributed by atoms with van der Waals surface area (Å²) in [5.41, 5.74) is 5.59. The Hall–Kier alpha value is -6.99. The van der Waals surface area contributed by atoms with Crippen molar-refractivity contribution in [1.29, 1.82) is 0 Å². The fourth-order valence-corrected chi connectivity index (χ4v) is 9.66. The molecule has 5 heterocycles. The largest absolute Gasteiger partial charge is 0.493 e. The summed E-state index contributed by atoms with van der Waals surface area (Å²) in [4.78, 5) is 73.4. The Morgan fingerprint density at radius 1 is 0.925 bits per heavy atom. The number of imide groups is 1. The number of carbonyl (C=O) groups is 5. The van der Waals surface area contributed by atoms with Gasteiger partial charge in [0.1, 0.15) is 22.9 Å². The average molecular weight is 949 g/mol. The summed E-state index contributed by atoms with van der Waals surface area (Å²) in [5.74, 6) is 0.463. The molecule has 3 aliphatic heterocycles. The first-order chi connectivity index (χ1) is 32.3. The monoisotopic (exact) mass is 948 g/mol. The fourth-order valence-electron chi connectivity index (χ4n) is 8.32. The van der Waals surface area contributed by atoms with Gasteiger partial charge in [-0.05, 0) is 69.9 Å². The molecule has 0 spiro atoms. The van der Waals surface area contributed by atoms with Crippen LogP contribution in [0.2, 0.25) is 5.02 Å². The van der Waals surface area contributed by atoms with Gasteiger partial charge in [0, 0.05) is 77.4 Å². The molecule has 348 valence electrons. The second kappa shape index (κ2) is 19.9. The van der Waals surface area contributed by atoms with Crippen molar-refractivity contribution in [3.63, 3.8) is 0 Å². The van der Waals surface area contributed by atoms with Crippen LogP contribution in [0, 0.1) is 20.8 Å². The molecule has 1 fully saturated rings. The van der Waals surface area contributed by atoms with E-state index in [1.165, 1.54) is 26.2 Å². The zero-order valence-electron chi connectivity index (χ0n) is 37.8. The molecule has 8 rings (SSSR count). The second-order valence-corrected chi connectivity index (χ2v) is 17.9. The number of piperidine rings is 1. The molecule has 0 saturated carbocycles. The number of likely N-dealkylation sites (tertiary alicyclic amines) is 1. The third kappa shape index (κ3) is 9.51. The number of halogens is 1. The van der Waals surface area contributed by atoms with Gasteiger partial charge in [0.15, 0.2) is 23.9 Å². The summed E-state index contributed by atoms with van der Waals surface area (Å²) in [5, 5.41) is 25.1. The Balaban J connectivity index is 0.828. The quantitative estimate of drug-likeness (QED) is 0.0599. The van der Waals surface area contributed by atoms with E-state index in [1.54, 1.807) is 41.7 Å². The summed E-state index contributed by atoms with van der Waals surface area (Å²) >= 11 is 7.89. The molecule has 0 bridgehead atoms. The van der Waals surface area contributed by atoms with Gasteiger partial charge in [-0.1, -0.05) is 29.8 Å². The van der Waals surface area contributed by atoms with Crippen LogP contribution in [0.3, 0.4) is 0 Å². The van der Waals surface area contributed by atoms with Crippen LogP contribution in [0.5, 0.6) is 17.2 Å². The molecule has 0 radical (unpaired) electrons. The van der Waals surface area contributed by atoms with E-state index in [9.17, 15) is 24.0 Å². The number of hydrogen-bond donors (Lipinski definition) is 2. The van der Waals surface area contributed by atoms with Crippen molar-refractivity contribution in [3.8, 4) is 22.2 Å². The SMILES string of the molecule is COc1cc(N=Nc2cccc3c2CN(C2CCC(=O)N(C)C2=O)C3=O)cc(OC)c1OCC(=O)NCCCCNC(=O)C[C@@H]1N=C(c2ccc(Cl)cc2)c2c(sc(C)c2C)-n2c(C)nnc21. The van der Waals surface area contributed by atoms with E-state index in [-0.39, 0.29) is 73.3 Å². The third-order valence-electron chi connectivity index (χ3n) is 12.0. The topological polar surface area (TPSA) is 211 Å². The third-order valence-corrected chi connectivity index (χ3v) is 13.5. The molecule has 18 nitrogen and oxygen atoms in total. The first-order valence-electron chi connectivity index (χ1n) is 21.7. The van der Waals surface area contributed by atoms with Gasteiger partial charge in [-0.15, -0.1) is 21.5 Å². The summed E-state index contributed by atoms with van der Waals surface area (Å²) in [7, 11) is 4.32. The Labute approximate surface area is 395 Å². The van der Waals surface area contributed by atoms with E-state index >= 15 is 0 Å². The van der Waals surface area contributed by atoms with Crippen LogP contribution in [0.1, 0.15) is 87.3 Å². The molecule has 2 atom stereocenters. The van der Waals surface area contributed by atoms with Crippen molar-refractivity contribution < 1.29 is 38.2 Å². The smallest absolute Gasteiger partial charge is 0.257 e. The maximum atomic E-state index is 13.4. The van der Waals surface area contributed by atoms with E-state index in [0.29, 0.717) is 65.1 Å². The van der Waals surface area contributed by atoms with Crippen molar-refractivity contribution in [2.75, 3.05) is 41.0 Å². The van der Waals surface area contributed by atoms with Crippen LogP contribution in [-0.2, 0) is 25.7 Å². The number of aryl methyl sites for hydroxylation is 2. The van der Waals surface area contributed by atoms with Crippen LogP contribution in [0.25, 0.3) is 5.00 Å². The molecule has 1 saturated heterocycles. The first kappa shape index (κ1) is 46.5. The summed E-state index contributed by atoms with van der Waals surface area (Å²) in [6.45, 7) is 6.63. The van der Waals surface area contributed by atoms with Crippen LogP contribution >= 0.6 is 22.9 Å². The predicted molar refractivity (Wildman–Crippen MR) is 249 cm³/mol. The van der Waals surface area contributed by atoms with E-state index in [0.717, 1.165) is 37.2 Å². The van der Waals surface area contributed by atoms with Crippen LogP contribution in [0.4, 0.5) is 11.4 Å². The lowest BCUT2D eigenvalue weighted by Gasteiger charge is -2.33. The van der Waals surface area contributed by atoms with Crippen molar-refractivity contribution in [3.05, 3.63) is 104 Å². The number of aliphatic imine (C=N–C) groups is 1. The standard InChI is InChI=1S/C47H49ClN10O8S/c1-25-26(2)67-47-41(25)42(28-12-14-29(48)15-13-28)51-34(44-55-52-27(3)58(44)47)22-38(59)49-18-7-8-19-50-39(60)24-66-43-36(64-5)20-30(21-37(43)65-6)53-54-33-11-9-10-31-32(33)23-57(45(31)62)35-16-17-40(61)56(4)46(35)63/h9-15,20-21,34-35H,7-8,16-19,22-24H2,1-6H3,(H,49,59)(H,50,60)/t34-,35?/m0/s1. The van der Waals surface area contributed by atoms with Gasteiger partial charge in [-0.2, -0.15) is 10.2 Å². The maximum absolute atomic E-state index is 13.4. The molecular weight excluding hydrogens is 900 g/mol. The van der Waals surface area contributed by atoms with Gasteiger partial charge < -0.3 is 29.7 Å². The second-order valence-electron chi connectivity index (χ2n) is 16.3. The molecule has 1 unspecified atom stereocenters. The minimum absolute atomic E-state index is 0.0666. The molecule has 2 N–H and O–H groups in total.